The first-order chi connectivity index (χ1) is 9.03. The van der Waals surface area contributed by atoms with E-state index in [4.69, 9.17) is 4.74 Å². The Morgan fingerprint density at radius 3 is 3.00 bits per heavy atom. The van der Waals surface area contributed by atoms with Gasteiger partial charge in [-0.25, -0.2) is 0 Å². The molecule has 1 amide bonds. The molecule has 19 heavy (non-hydrogen) atoms. The number of benzene rings is 1. The summed E-state index contributed by atoms with van der Waals surface area (Å²) in [5.74, 6) is -0.0254. The molecule has 4 heteroatoms. The SMILES string of the molecule is COCC(C)(C)NC(=O)c1cccc2c1CCCN2. The predicted octanol–water partition coefficient (Wildman–Crippen LogP) is 2.20. The highest BCUT2D eigenvalue weighted by Gasteiger charge is 2.23. The van der Waals surface area contributed by atoms with Crippen molar-refractivity contribution in [3.63, 3.8) is 0 Å². The lowest BCUT2D eigenvalue weighted by atomic mass is 9.96. The van der Waals surface area contributed by atoms with Crippen LogP contribution < -0.4 is 10.6 Å². The van der Waals surface area contributed by atoms with Crippen molar-refractivity contribution in [3.05, 3.63) is 29.3 Å². The standard InChI is InChI=1S/C15H22N2O2/c1-15(2,10-19-3)17-14(18)12-6-4-8-13-11(12)7-5-9-16-13/h4,6,8,16H,5,7,9-10H2,1-3H3,(H,17,18). The second-order valence-corrected chi connectivity index (χ2v) is 5.63. The van der Waals surface area contributed by atoms with E-state index in [2.05, 4.69) is 10.6 Å². The number of rotatable bonds is 4. The van der Waals surface area contributed by atoms with Crippen molar-refractivity contribution >= 4 is 11.6 Å². The Morgan fingerprint density at radius 2 is 2.26 bits per heavy atom. The summed E-state index contributed by atoms with van der Waals surface area (Å²) in [4.78, 5) is 12.4. The number of hydrogen-bond donors (Lipinski definition) is 2. The quantitative estimate of drug-likeness (QED) is 0.874. The molecule has 2 rings (SSSR count). The Bertz CT molecular complexity index is 469. The molecule has 0 saturated carbocycles. The third kappa shape index (κ3) is 3.26. The Labute approximate surface area is 114 Å². The third-order valence-corrected chi connectivity index (χ3v) is 3.30. The minimum absolute atomic E-state index is 0.0254. The van der Waals surface area contributed by atoms with Crippen LogP contribution in [0, 0.1) is 0 Å². The minimum Gasteiger partial charge on any atom is -0.385 e. The highest BCUT2D eigenvalue weighted by atomic mass is 16.5. The monoisotopic (exact) mass is 262 g/mol. The number of ether oxygens (including phenoxy) is 1. The maximum atomic E-state index is 12.4. The smallest absolute Gasteiger partial charge is 0.252 e. The Balaban J connectivity index is 2.20. The molecule has 0 fully saturated rings. The van der Waals surface area contributed by atoms with Crippen LogP contribution in [0.2, 0.25) is 0 Å². The van der Waals surface area contributed by atoms with Gasteiger partial charge in [-0.15, -0.1) is 0 Å². The van der Waals surface area contributed by atoms with Crippen molar-refractivity contribution < 1.29 is 9.53 Å². The molecule has 0 aliphatic carbocycles. The first kappa shape index (κ1) is 13.9. The molecule has 4 nitrogen and oxygen atoms in total. The van der Waals surface area contributed by atoms with Crippen LogP contribution in [0.15, 0.2) is 18.2 Å². The molecule has 0 spiro atoms. The van der Waals surface area contributed by atoms with Gasteiger partial charge in [0.2, 0.25) is 0 Å². The van der Waals surface area contributed by atoms with E-state index >= 15 is 0 Å². The molecule has 104 valence electrons. The highest BCUT2D eigenvalue weighted by molar-refractivity contribution is 5.97. The topological polar surface area (TPSA) is 50.4 Å². The molecule has 1 aliphatic heterocycles. The summed E-state index contributed by atoms with van der Waals surface area (Å²) in [6.45, 7) is 5.39. The fourth-order valence-corrected chi connectivity index (χ4v) is 2.49. The molecule has 1 aliphatic rings. The molecule has 0 aromatic heterocycles. The molecule has 0 bridgehead atoms. The van der Waals surface area contributed by atoms with E-state index in [1.807, 2.05) is 32.0 Å². The third-order valence-electron chi connectivity index (χ3n) is 3.30. The van der Waals surface area contributed by atoms with E-state index in [1.165, 1.54) is 0 Å². The van der Waals surface area contributed by atoms with Gasteiger partial charge in [0, 0.05) is 24.9 Å². The number of carbonyl (C=O) groups excluding carboxylic acids is 1. The number of fused-ring (bicyclic) bond motifs is 1. The predicted molar refractivity (Wildman–Crippen MR) is 76.7 cm³/mol. The van der Waals surface area contributed by atoms with Gasteiger partial charge in [-0.05, 0) is 44.4 Å². The largest absolute Gasteiger partial charge is 0.385 e. The van der Waals surface area contributed by atoms with Crippen molar-refractivity contribution in [2.75, 3.05) is 25.6 Å². The number of anilines is 1. The number of nitrogens with one attached hydrogen (secondary N) is 2. The van der Waals surface area contributed by atoms with Gasteiger partial charge in [0.1, 0.15) is 0 Å². The van der Waals surface area contributed by atoms with E-state index < -0.39 is 0 Å². The van der Waals surface area contributed by atoms with Gasteiger partial charge in [-0.2, -0.15) is 0 Å². The van der Waals surface area contributed by atoms with Crippen molar-refractivity contribution in [2.24, 2.45) is 0 Å². The van der Waals surface area contributed by atoms with E-state index in [1.54, 1.807) is 7.11 Å². The van der Waals surface area contributed by atoms with Crippen LogP contribution in [-0.4, -0.2) is 31.7 Å². The van der Waals surface area contributed by atoms with Crippen molar-refractivity contribution in [2.45, 2.75) is 32.2 Å². The average molecular weight is 262 g/mol. The maximum Gasteiger partial charge on any atom is 0.252 e. The fraction of sp³-hybridized carbons (Fsp3) is 0.533. The lowest BCUT2D eigenvalue weighted by molar-refractivity contribution is 0.0819. The normalized spacial score (nSPS) is 14.5. The van der Waals surface area contributed by atoms with Crippen molar-refractivity contribution in [3.8, 4) is 0 Å². The number of carbonyl (C=O) groups is 1. The zero-order valence-corrected chi connectivity index (χ0v) is 11.9. The first-order valence-corrected chi connectivity index (χ1v) is 6.71. The van der Waals surface area contributed by atoms with Crippen LogP contribution >= 0.6 is 0 Å². The molecule has 0 radical (unpaired) electrons. The molecule has 1 aromatic carbocycles. The zero-order chi connectivity index (χ0) is 13.9. The van der Waals surface area contributed by atoms with Crippen LogP contribution in [0.3, 0.4) is 0 Å². The molecular weight excluding hydrogens is 240 g/mol. The summed E-state index contributed by atoms with van der Waals surface area (Å²) in [6, 6.07) is 5.85. The van der Waals surface area contributed by atoms with E-state index in [-0.39, 0.29) is 11.4 Å². The average Bonchev–Trinajstić information content (AvgIpc) is 2.37. The lowest BCUT2D eigenvalue weighted by Crippen LogP contribution is -2.47. The van der Waals surface area contributed by atoms with Gasteiger partial charge in [0.15, 0.2) is 0 Å². The van der Waals surface area contributed by atoms with Crippen molar-refractivity contribution in [1.29, 1.82) is 0 Å². The van der Waals surface area contributed by atoms with Crippen LogP contribution in [0.5, 0.6) is 0 Å². The summed E-state index contributed by atoms with van der Waals surface area (Å²) in [5.41, 5.74) is 2.62. The fourth-order valence-electron chi connectivity index (χ4n) is 2.49. The van der Waals surface area contributed by atoms with Crippen LogP contribution in [0.25, 0.3) is 0 Å². The lowest BCUT2D eigenvalue weighted by Gasteiger charge is -2.27. The summed E-state index contributed by atoms with van der Waals surface area (Å²) in [5, 5.41) is 6.37. The van der Waals surface area contributed by atoms with E-state index in [0.29, 0.717) is 6.61 Å². The summed E-state index contributed by atoms with van der Waals surface area (Å²) >= 11 is 0. The van der Waals surface area contributed by atoms with Gasteiger partial charge in [-0.3, -0.25) is 4.79 Å². The molecule has 1 heterocycles. The highest BCUT2D eigenvalue weighted by Crippen LogP contribution is 2.25. The van der Waals surface area contributed by atoms with Crippen molar-refractivity contribution in [1.82, 2.24) is 5.32 Å². The van der Waals surface area contributed by atoms with Gasteiger partial charge in [0.05, 0.1) is 12.1 Å². The molecule has 0 saturated heterocycles. The summed E-state index contributed by atoms with van der Waals surface area (Å²) < 4.78 is 5.13. The number of amides is 1. The van der Waals surface area contributed by atoms with Crippen LogP contribution in [-0.2, 0) is 11.2 Å². The summed E-state index contributed by atoms with van der Waals surface area (Å²) in [7, 11) is 1.64. The van der Waals surface area contributed by atoms with Gasteiger partial charge in [0.25, 0.3) is 5.91 Å². The molecular formula is C15H22N2O2. The molecule has 0 atom stereocenters. The maximum absolute atomic E-state index is 12.4. The van der Waals surface area contributed by atoms with Gasteiger partial charge in [-0.1, -0.05) is 6.07 Å². The van der Waals surface area contributed by atoms with E-state index in [0.717, 1.165) is 36.2 Å². The first-order valence-electron chi connectivity index (χ1n) is 6.71. The molecule has 1 aromatic rings. The van der Waals surface area contributed by atoms with Gasteiger partial charge >= 0.3 is 0 Å². The second kappa shape index (κ2) is 5.61. The Kier molecular flexibility index (Phi) is 4.10. The number of hydrogen-bond acceptors (Lipinski definition) is 3. The van der Waals surface area contributed by atoms with Crippen LogP contribution in [0.1, 0.15) is 36.2 Å². The summed E-state index contributed by atoms with van der Waals surface area (Å²) in [6.07, 6.45) is 2.02. The molecule has 2 N–H and O–H groups in total. The zero-order valence-electron chi connectivity index (χ0n) is 11.9. The van der Waals surface area contributed by atoms with Gasteiger partial charge < -0.3 is 15.4 Å². The Morgan fingerprint density at radius 1 is 1.47 bits per heavy atom. The number of methoxy groups -OCH3 is 1. The Hall–Kier alpha value is -1.55. The molecule has 0 unspecified atom stereocenters. The van der Waals surface area contributed by atoms with Crippen LogP contribution in [0.4, 0.5) is 5.69 Å². The second-order valence-electron chi connectivity index (χ2n) is 5.63. The minimum atomic E-state index is -0.364. The van der Waals surface area contributed by atoms with E-state index in [9.17, 15) is 4.79 Å².